The first-order chi connectivity index (χ1) is 8.11. The highest BCUT2D eigenvalue weighted by atomic mass is 35.5. The first-order valence-corrected chi connectivity index (χ1v) is 6.46. The Morgan fingerprint density at radius 1 is 1.59 bits per heavy atom. The first-order valence-electron chi connectivity index (χ1n) is 5.26. The fraction of sp³-hybridized carbons (Fsp3) is 0.364. The van der Waals surface area contributed by atoms with Gasteiger partial charge in [0.2, 0.25) is 0 Å². The molecule has 1 aromatic carbocycles. The molecular weight excluding hydrogens is 263 g/mol. The van der Waals surface area contributed by atoms with Gasteiger partial charge in [-0.1, -0.05) is 11.6 Å². The lowest BCUT2D eigenvalue weighted by Gasteiger charge is -2.08. The summed E-state index contributed by atoms with van der Waals surface area (Å²) in [5, 5.41) is 0.300. The third-order valence-corrected chi connectivity index (χ3v) is 3.85. The molecule has 0 atom stereocenters. The Bertz CT molecular complexity index is 451. The molecule has 6 heteroatoms. The van der Waals surface area contributed by atoms with Crippen molar-refractivity contribution in [2.75, 3.05) is 6.54 Å². The van der Waals surface area contributed by atoms with E-state index in [9.17, 15) is 9.18 Å². The lowest BCUT2D eigenvalue weighted by molar-refractivity contribution is 0.0997. The Morgan fingerprint density at radius 3 is 2.88 bits per heavy atom. The van der Waals surface area contributed by atoms with Crippen LogP contribution in [0.3, 0.4) is 0 Å². The van der Waals surface area contributed by atoms with Crippen LogP contribution in [0.4, 0.5) is 4.39 Å². The molecule has 1 fully saturated rings. The molecule has 1 aliphatic rings. The van der Waals surface area contributed by atoms with Crippen LogP contribution in [-0.4, -0.2) is 18.4 Å². The lowest BCUT2D eigenvalue weighted by Crippen LogP contribution is -2.15. The number of hydrogen-bond acceptors (Lipinski definition) is 4. The fourth-order valence-corrected chi connectivity index (χ4v) is 2.41. The van der Waals surface area contributed by atoms with Crippen molar-refractivity contribution in [3.8, 4) is 0 Å². The van der Waals surface area contributed by atoms with Gasteiger partial charge in [-0.25, -0.2) is 4.39 Å². The topological polar surface area (TPSA) is 55.1 Å². The molecule has 0 aromatic heterocycles. The molecule has 0 saturated heterocycles. The number of rotatable bonds is 5. The average Bonchev–Trinajstić information content (AvgIpc) is 3.11. The van der Waals surface area contributed by atoms with Crippen molar-refractivity contribution in [1.82, 2.24) is 4.72 Å². The van der Waals surface area contributed by atoms with Crippen LogP contribution in [0.5, 0.6) is 0 Å². The fourth-order valence-electron chi connectivity index (χ4n) is 1.28. The summed E-state index contributed by atoms with van der Waals surface area (Å²) in [4.78, 5) is 12.1. The standard InChI is InChI=1S/C11H12ClFN2OS/c12-8-4-9(13)7(10(16)5-14)3-11(8)17-15-6-1-2-6/h3-4,6,15H,1-2,5,14H2. The zero-order valence-electron chi connectivity index (χ0n) is 9.00. The second-order valence-electron chi connectivity index (χ2n) is 3.88. The maximum absolute atomic E-state index is 13.5. The highest BCUT2D eigenvalue weighted by Gasteiger charge is 2.22. The van der Waals surface area contributed by atoms with Gasteiger partial charge in [0, 0.05) is 10.9 Å². The van der Waals surface area contributed by atoms with Crippen molar-refractivity contribution in [3.05, 3.63) is 28.5 Å². The smallest absolute Gasteiger partial charge is 0.179 e. The van der Waals surface area contributed by atoms with E-state index in [1.54, 1.807) is 0 Å². The Balaban J connectivity index is 2.21. The van der Waals surface area contributed by atoms with Crippen molar-refractivity contribution in [3.63, 3.8) is 0 Å². The highest BCUT2D eigenvalue weighted by Crippen LogP contribution is 2.31. The van der Waals surface area contributed by atoms with Crippen molar-refractivity contribution in [2.24, 2.45) is 5.73 Å². The molecule has 1 aliphatic carbocycles. The Hall–Kier alpha value is -0.620. The minimum Gasteiger partial charge on any atom is -0.324 e. The van der Waals surface area contributed by atoms with Crippen LogP contribution < -0.4 is 10.5 Å². The molecule has 3 nitrogen and oxygen atoms in total. The van der Waals surface area contributed by atoms with Crippen LogP contribution in [0.2, 0.25) is 5.02 Å². The normalized spacial score (nSPS) is 15.0. The number of Topliss-reactive ketones (excluding diaryl/α,β-unsaturated/α-hetero) is 1. The maximum atomic E-state index is 13.5. The second kappa shape index (κ2) is 5.35. The SMILES string of the molecule is NCC(=O)c1cc(SNC2CC2)c(Cl)cc1F. The largest absolute Gasteiger partial charge is 0.324 e. The zero-order valence-corrected chi connectivity index (χ0v) is 10.6. The number of benzene rings is 1. The Labute approximate surface area is 108 Å². The molecule has 1 aromatic rings. The summed E-state index contributed by atoms with van der Waals surface area (Å²) in [5.74, 6) is -1.05. The molecular formula is C11H12ClFN2OS. The van der Waals surface area contributed by atoms with Crippen molar-refractivity contribution < 1.29 is 9.18 Å². The van der Waals surface area contributed by atoms with E-state index >= 15 is 0 Å². The molecule has 0 amide bonds. The molecule has 0 unspecified atom stereocenters. The predicted octanol–water partition coefficient (Wildman–Crippen LogP) is 2.38. The van der Waals surface area contributed by atoms with Crippen LogP contribution in [0.15, 0.2) is 17.0 Å². The van der Waals surface area contributed by atoms with E-state index in [4.69, 9.17) is 17.3 Å². The molecule has 0 aliphatic heterocycles. The van der Waals surface area contributed by atoms with Crippen LogP contribution in [0, 0.1) is 5.82 Å². The van der Waals surface area contributed by atoms with Gasteiger partial charge in [-0.2, -0.15) is 0 Å². The van der Waals surface area contributed by atoms with Gasteiger partial charge in [0.25, 0.3) is 0 Å². The number of nitrogens with two attached hydrogens (primary N) is 1. The summed E-state index contributed by atoms with van der Waals surface area (Å²) >= 11 is 7.24. The van der Waals surface area contributed by atoms with Gasteiger partial charge in [0.15, 0.2) is 5.78 Å². The number of halogens is 2. The quantitative estimate of drug-likeness (QED) is 0.639. The number of ketones is 1. The Kier molecular flexibility index (Phi) is 4.04. The second-order valence-corrected chi connectivity index (χ2v) is 5.17. The van der Waals surface area contributed by atoms with Gasteiger partial charge in [0.05, 0.1) is 17.1 Å². The molecule has 0 heterocycles. The summed E-state index contributed by atoms with van der Waals surface area (Å²) in [6.07, 6.45) is 2.28. The molecule has 0 radical (unpaired) electrons. The third kappa shape index (κ3) is 3.19. The molecule has 0 bridgehead atoms. The Morgan fingerprint density at radius 2 is 2.29 bits per heavy atom. The van der Waals surface area contributed by atoms with Gasteiger partial charge >= 0.3 is 0 Å². The molecule has 2 rings (SSSR count). The summed E-state index contributed by atoms with van der Waals surface area (Å²) in [6, 6.07) is 3.10. The third-order valence-electron chi connectivity index (χ3n) is 2.42. The highest BCUT2D eigenvalue weighted by molar-refractivity contribution is 7.97. The zero-order chi connectivity index (χ0) is 12.4. The van der Waals surface area contributed by atoms with Crippen LogP contribution in [0.25, 0.3) is 0 Å². The minimum atomic E-state index is -0.624. The minimum absolute atomic E-state index is 0.00278. The van der Waals surface area contributed by atoms with E-state index in [1.807, 2.05) is 0 Å². The molecule has 1 saturated carbocycles. The van der Waals surface area contributed by atoms with Crippen molar-refractivity contribution in [2.45, 2.75) is 23.8 Å². The first kappa shape index (κ1) is 12.8. The van der Waals surface area contributed by atoms with E-state index in [0.29, 0.717) is 16.0 Å². The van der Waals surface area contributed by atoms with Crippen LogP contribution in [-0.2, 0) is 0 Å². The van der Waals surface area contributed by atoms with E-state index in [1.165, 1.54) is 18.0 Å². The van der Waals surface area contributed by atoms with Crippen molar-refractivity contribution >= 4 is 29.3 Å². The number of nitrogens with one attached hydrogen (secondary N) is 1. The van der Waals surface area contributed by atoms with Gasteiger partial charge in [-0.3, -0.25) is 9.52 Å². The number of carbonyl (C=O) groups excluding carboxylic acids is 1. The summed E-state index contributed by atoms with van der Waals surface area (Å²) in [5.41, 5.74) is 5.22. The molecule has 92 valence electrons. The maximum Gasteiger partial charge on any atom is 0.179 e. The number of hydrogen-bond donors (Lipinski definition) is 2. The molecule has 0 spiro atoms. The predicted molar refractivity (Wildman–Crippen MR) is 66.8 cm³/mol. The summed E-state index contributed by atoms with van der Waals surface area (Å²) in [6.45, 7) is -0.210. The van der Waals surface area contributed by atoms with E-state index in [-0.39, 0.29) is 12.1 Å². The summed E-state index contributed by atoms with van der Waals surface area (Å²) in [7, 11) is 0. The van der Waals surface area contributed by atoms with Crippen LogP contribution in [0.1, 0.15) is 23.2 Å². The van der Waals surface area contributed by atoms with Gasteiger partial charge in [-0.05, 0) is 36.9 Å². The van der Waals surface area contributed by atoms with Gasteiger partial charge in [0.1, 0.15) is 5.82 Å². The summed E-state index contributed by atoms with van der Waals surface area (Å²) < 4.78 is 16.7. The van der Waals surface area contributed by atoms with Gasteiger partial charge < -0.3 is 5.73 Å². The molecule has 17 heavy (non-hydrogen) atoms. The average molecular weight is 275 g/mol. The molecule has 3 N–H and O–H groups in total. The van der Waals surface area contributed by atoms with Crippen molar-refractivity contribution in [1.29, 1.82) is 0 Å². The van der Waals surface area contributed by atoms with E-state index in [0.717, 1.165) is 18.9 Å². The van der Waals surface area contributed by atoms with E-state index < -0.39 is 11.6 Å². The monoisotopic (exact) mass is 274 g/mol. The van der Waals surface area contributed by atoms with E-state index in [2.05, 4.69) is 4.72 Å². The number of carbonyl (C=O) groups is 1. The lowest BCUT2D eigenvalue weighted by atomic mass is 10.1. The van der Waals surface area contributed by atoms with Gasteiger partial charge in [-0.15, -0.1) is 0 Å². The van der Waals surface area contributed by atoms with Crippen LogP contribution >= 0.6 is 23.5 Å².